The molecule has 16 heavy (non-hydrogen) atoms. The number of Topliss-reactive ketones (excluding diaryl/α,β-unsaturated/α-hetero) is 1. The number of rotatable bonds is 3. The van der Waals surface area contributed by atoms with Crippen molar-refractivity contribution in [3.8, 4) is 0 Å². The Kier molecular flexibility index (Phi) is 2.68. The van der Waals surface area contributed by atoms with E-state index in [1.807, 2.05) is 6.92 Å². The number of hydrogen-bond acceptors (Lipinski definition) is 4. The lowest BCUT2D eigenvalue weighted by atomic mass is 9.74. The van der Waals surface area contributed by atoms with Gasteiger partial charge in [0.15, 0.2) is 5.78 Å². The van der Waals surface area contributed by atoms with Crippen molar-refractivity contribution < 1.29 is 9.53 Å². The number of ether oxygens (including phenoxy) is 1. The number of aryl methyl sites for hydroxylation is 1. The highest BCUT2D eigenvalue weighted by Gasteiger charge is 2.45. The van der Waals surface area contributed by atoms with Crippen molar-refractivity contribution in [1.29, 1.82) is 0 Å². The lowest BCUT2D eigenvalue weighted by Gasteiger charge is -2.39. The molecule has 1 saturated carbocycles. The number of hydrogen-bond donors (Lipinski definition) is 1. The van der Waals surface area contributed by atoms with E-state index < -0.39 is 5.60 Å². The molecule has 4 heteroatoms. The highest BCUT2D eigenvalue weighted by Crippen LogP contribution is 2.39. The molecule has 86 valence electrons. The maximum absolute atomic E-state index is 12.4. The fourth-order valence-electron chi connectivity index (χ4n) is 2.12. The highest BCUT2D eigenvalue weighted by atomic mass is 16.5. The third kappa shape index (κ3) is 1.50. The number of ketones is 1. The molecular weight excluding hydrogens is 204 g/mol. The number of carbonyl (C=O) groups excluding carboxylic acids is 1. The highest BCUT2D eigenvalue weighted by molar-refractivity contribution is 6.07. The molecular formula is C12H16N2O2. The summed E-state index contributed by atoms with van der Waals surface area (Å²) in [6.45, 7) is 1.87. The first-order valence-electron chi connectivity index (χ1n) is 5.42. The van der Waals surface area contributed by atoms with Crippen molar-refractivity contribution in [3.05, 3.63) is 23.4 Å². The number of nitrogens with two attached hydrogens (primary N) is 1. The van der Waals surface area contributed by atoms with Crippen molar-refractivity contribution in [2.45, 2.75) is 31.8 Å². The molecule has 2 rings (SSSR count). The van der Waals surface area contributed by atoms with Crippen molar-refractivity contribution >= 4 is 11.6 Å². The number of carbonyl (C=O) groups is 1. The number of pyridine rings is 1. The maximum atomic E-state index is 12.4. The van der Waals surface area contributed by atoms with Crippen LogP contribution < -0.4 is 5.73 Å². The van der Waals surface area contributed by atoms with Crippen LogP contribution in [0.3, 0.4) is 0 Å². The molecule has 4 nitrogen and oxygen atoms in total. The van der Waals surface area contributed by atoms with Gasteiger partial charge in [0.1, 0.15) is 11.4 Å². The molecule has 0 radical (unpaired) electrons. The van der Waals surface area contributed by atoms with E-state index in [1.165, 1.54) is 0 Å². The fourth-order valence-corrected chi connectivity index (χ4v) is 2.12. The van der Waals surface area contributed by atoms with Crippen LogP contribution in [-0.2, 0) is 4.74 Å². The van der Waals surface area contributed by atoms with Gasteiger partial charge < -0.3 is 10.5 Å². The van der Waals surface area contributed by atoms with E-state index in [1.54, 1.807) is 19.4 Å². The Bertz CT molecular complexity index is 399. The topological polar surface area (TPSA) is 65.2 Å². The minimum absolute atomic E-state index is 0.0237. The van der Waals surface area contributed by atoms with E-state index >= 15 is 0 Å². The molecule has 1 aliphatic carbocycles. The van der Waals surface area contributed by atoms with Crippen LogP contribution in [0, 0.1) is 6.92 Å². The van der Waals surface area contributed by atoms with E-state index in [0.29, 0.717) is 11.4 Å². The number of methoxy groups -OCH3 is 1. The Hall–Kier alpha value is -1.42. The van der Waals surface area contributed by atoms with E-state index in [0.717, 1.165) is 24.8 Å². The molecule has 1 fully saturated rings. The van der Waals surface area contributed by atoms with E-state index in [4.69, 9.17) is 10.5 Å². The molecule has 0 atom stereocenters. The summed E-state index contributed by atoms with van der Waals surface area (Å²) in [5.74, 6) is 0.276. The Morgan fingerprint density at radius 3 is 2.69 bits per heavy atom. The predicted octanol–water partition coefficient (Wildman–Crippen LogP) is 1.72. The molecule has 1 aromatic rings. The minimum atomic E-state index is -0.651. The Labute approximate surface area is 94.8 Å². The van der Waals surface area contributed by atoms with Gasteiger partial charge in [0, 0.05) is 13.3 Å². The van der Waals surface area contributed by atoms with Gasteiger partial charge in [-0.25, -0.2) is 4.98 Å². The lowest BCUT2D eigenvalue weighted by Crippen LogP contribution is -2.47. The van der Waals surface area contributed by atoms with Crippen molar-refractivity contribution in [3.63, 3.8) is 0 Å². The molecule has 0 aliphatic heterocycles. The summed E-state index contributed by atoms with van der Waals surface area (Å²) in [5.41, 5.74) is 6.49. The zero-order valence-corrected chi connectivity index (χ0v) is 9.62. The van der Waals surface area contributed by atoms with Gasteiger partial charge in [-0.1, -0.05) is 0 Å². The molecule has 0 unspecified atom stereocenters. The van der Waals surface area contributed by atoms with Gasteiger partial charge in [0.25, 0.3) is 0 Å². The van der Waals surface area contributed by atoms with E-state index in [9.17, 15) is 4.79 Å². The summed E-state index contributed by atoms with van der Waals surface area (Å²) in [7, 11) is 1.58. The van der Waals surface area contributed by atoms with Crippen LogP contribution in [0.5, 0.6) is 0 Å². The number of nitrogen functional groups attached to an aromatic ring is 1. The second kappa shape index (κ2) is 3.87. The van der Waals surface area contributed by atoms with Gasteiger partial charge in [0.2, 0.25) is 0 Å². The van der Waals surface area contributed by atoms with Crippen molar-refractivity contribution in [2.24, 2.45) is 0 Å². The van der Waals surface area contributed by atoms with Gasteiger partial charge in [-0.2, -0.15) is 0 Å². The third-order valence-corrected chi connectivity index (χ3v) is 3.38. The van der Waals surface area contributed by atoms with Gasteiger partial charge >= 0.3 is 0 Å². The zero-order chi connectivity index (χ0) is 11.8. The third-order valence-electron chi connectivity index (χ3n) is 3.38. The number of anilines is 1. The second-order valence-corrected chi connectivity index (χ2v) is 4.27. The molecule has 0 spiro atoms. The second-order valence-electron chi connectivity index (χ2n) is 4.27. The normalized spacial score (nSPS) is 17.9. The molecule has 1 aliphatic rings. The Morgan fingerprint density at radius 2 is 2.25 bits per heavy atom. The first kappa shape index (κ1) is 11.1. The molecule has 2 N–H and O–H groups in total. The monoisotopic (exact) mass is 220 g/mol. The SMILES string of the molecule is COC1(C(=O)c2c(C)ccnc2N)CCC1. The van der Waals surface area contributed by atoms with Crippen molar-refractivity contribution in [1.82, 2.24) is 4.98 Å². The first-order valence-corrected chi connectivity index (χ1v) is 5.42. The van der Waals surface area contributed by atoms with E-state index in [2.05, 4.69) is 4.98 Å². The summed E-state index contributed by atoms with van der Waals surface area (Å²) in [4.78, 5) is 16.3. The largest absolute Gasteiger partial charge is 0.383 e. The molecule has 1 aromatic heterocycles. The molecule has 0 aromatic carbocycles. The van der Waals surface area contributed by atoms with Gasteiger partial charge in [-0.05, 0) is 37.8 Å². The Morgan fingerprint density at radius 1 is 1.56 bits per heavy atom. The van der Waals surface area contributed by atoms with Crippen LogP contribution in [0.25, 0.3) is 0 Å². The quantitative estimate of drug-likeness (QED) is 0.788. The van der Waals surface area contributed by atoms with Gasteiger partial charge in [0.05, 0.1) is 5.56 Å². The summed E-state index contributed by atoms with van der Waals surface area (Å²) in [6.07, 6.45) is 4.19. The smallest absolute Gasteiger partial charge is 0.198 e. The summed E-state index contributed by atoms with van der Waals surface area (Å²) < 4.78 is 5.37. The predicted molar refractivity (Wildman–Crippen MR) is 61.3 cm³/mol. The van der Waals surface area contributed by atoms with Crippen molar-refractivity contribution in [2.75, 3.05) is 12.8 Å². The van der Waals surface area contributed by atoms with Crippen LogP contribution >= 0.6 is 0 Å². The number of nitrogens with zero attached hydrogens (tertiary/aromatic N) is 1. The zero-order valence-electron chi connectivity index (χ0n) is 9.62. The minimum Gasteiger partial charge on any atom is -0.383 e. The molecule has 0 saturated heterocycles. The fraction of sp³-hybridized carbons (Fsp3) is 0.500. The average molecular weight is 220 g/mol. The standard InChI is InChI=1S/C12H16N2O2/c1-8-4-7-14-11(13)9(8)10(15)12(16-2)5-3-6-12/h4,7H,3,5-6H2,1-2H3,(H2,13,14). The first-order chi connectivity index (χ1) is 7.60. The lowest BCUT2D eigenvalue weighted by molar-refractivity contribution is -0.0448. The number of aromatic nitrogens is 1. The summed E-state index contributed by atoms with van der Waals surface area (Å²) >= 11 is 0. The molecule has 0 amide bonds. The van der Waals surface area contributed by atoms with E-state index in [-0.39, 0.29) is 5.78 Å². The van der Waals surface area contributed by atoms with Crippen LogP contribution in [0.2, 0.25) is 0 Å². The van der Waals surface area contributed by atoms with Gasteiger partial charge in [-0.3, -0.25) is 4.79 Å². The van der Waals surface area contributed by atoms with Crippen LogP contribution in [0.1, 0.15) is 35.2 Å². The summed E-state index contributed by atoms with van der Waals surface area (Å²) in [5, 5.41) is 0. The maximum Gasteiger partial charge on any atom is 0.198 e. The average Bonchev–Trinajstić information content (AvgIpc) is 2.16. The van der Waals surface area contributed by atoms with Crippen LogP contribution in [-0.4, -0.2) is 23.5 Å². The summed E-state index contributed by atoms with van der Waals surface area (Å²) in [6, 6.07) is 1.80. The Balaban J connectivity index is 2.41. The molecule has 0 bridgehead atoms. The molecule has 1 heterocycles. The van der Waals surface area contributed by atoms with Crippen LogP contribution in [0.15, 0.2) is 12.3 Å². The van der Waals surface area contributed by atoms with Gasteiger partial charge in [-0.15, -0.1) is 0 Å². The van der Waals surface area contributed by atoms with Crippen LogP contribution in [0.4, 0.5) is 5.82 Å².